The van der Waals surface area contributed by atoms with Crippen LogP contribution in [0.15, 0.2) is 54.6 Å². The molecule has 2 heterocycles. The first-order chi connectivity index (χ1) is 14.8. The fourth-order valence-corrected chi connectivity index (χ4v) is 3.41. The van der Waals surface area contributed by atoms with Gasteiger partial charge in [-0.2, -0.15) is 0 Å². The Bertz CT molecular complexity index is 1150. The zero-order chi connectivity index (χ0) is 22.1. The lowest BCUT2D eigenvalue weighted by Crippen LogP contribution is -2.44. The molecule has 8 heteroatoms. The fourth-order valence-electron chi connectivity index (χ4n) is 3.41. The number of amides is 2. The van der Waals surface area contributed by atoms with E-state index in [-0.39, 0.29) is 16.9 Å². The second-order valence-corrected chi connectivity index (χ2v) is 7.25. The molecular formula is C23H20N4O4. The van der Waals surface area contributed by atoms with Crippen LogP contribution in [0.4, 0.5) is 11.6 Å². The summed E-state index contributed by atoms with van der Waals surface area (Å²) in [6, 6.07) is 14.0. The van der Waals surface area contributed by atoms with Crippen molar-refractivity contribution >= 4 is 29.4 Å². The summed E-state index contributed by atoms with van der Waals surface area (Å²) in [7, 11) is 0. The highest BCUT2D eigenvalue weighted by Crippen LogP contribution is 2.26. The van der Waals surface area contributed by atoms with Gasteiger partial charge in [0.25, 0.3) is 11.8 Å². The lowest BCUT2D eigenvalue weighted by atomic mass is 10.1. The molecule has 0 spiro atoms. The zero-order valence-corrected chi connectivity index (χ0v) is 17.2. The van der Waals surface area contributed by atoms with Gasteiger partial charge < -0.3 is 10.1 Å². The topological polar surface area (TPSA) is 101 Å². The molecule has 1 aliphatic rings. The van der Waals surface area contributed by atoms with Crippen LogP contribution in [0.25, 0.3) is 0 Å². The van der Waals surface area contributed by atoms with Gasteiger partial charge in [0.1, 0.15) is 11.8 Å². The monoisotopic (exact) mass is 416 g/mol. The first kappa shape index (κ1) is 20.2. The normalized spacial score (nSPS) is 13.7. The van der Waals surface area contributed by atoms with E-state index in [4.69, 9.17) is 4.74 Å². The average molecular weight is 416 g/mol. The third-order valence-electron chi connectivity index (χ3n) is 4.84. The Morgan fingerprint density at radius 3 is 2.16 bits per heavy atom. The van der Waals surface area contributed by atoms with Gasteiger partial charge >= 0.3 is 5.97 Å². The van der Waals surface area contributed by atoms with Crippen LogP contribution in [0.2, 0.25) is 0 Å². The maximum Gasteiger partial charge on any atom is 0.334 e. The summed E-state index contributed by atoms with van der Waals surface area (Å²) in [6.07, 6.45) is 0. The third kappa shape index (κ3) is 4.00. The number of benzene rings is 2. The van der Waals surface area contributed by atoms with Crippen LogP contribution in [0.5, 0.6) is 5.75 Å². The molecule has 0 radical (unpaired) electrons. The molecule has 0 bridgehead atoms. The quantitative estimate of drug-likeness (QED) is 0.386. The molecule has 3 aromatic rings. The van der Waals surface area contributed by atoms with E-state index in [1.165, 1.54) is 6.92 Å². The number of esters is 1. The molecule has 1 atom stereocenters. The number of anilines is 2. The van der Waals surface area contributed by atoms with Gasteiger partial charge in [0.15, 0.2) is 0 Å². The van der Waals surface area contributed by atoms with Crippen LogP contribution in [-0.2, 0) is 4.79 Å². The number of fused-ring (bicyclic) bond motifs is 1. The van der Waals surface area contributed by atoms with Crippen molar-refractivity contribution in [3.8, 4) is 5.75 Å². The van der Waals surface area contributed by atoms with Crippen LogP contribution >= 0.6 is 0 Å². The molecule has 31 heavy (non-hydrogen) atoms. The Morgan fingerprint density at radius 1 is 0.935 bits per heavy atom. The zero-order valence-electron chi connectivity index (χ0n) is 17.2. The minimum absolute atomic E-state index is 0.267. The van der Waals surface area contributed by atoms with Crippen LogP contribution in [-0.4, -0.2) is 38.7 Å². The summed E-state index contributed by atoms with van der Waals surface area (Å²) in [5.41, 5.74) is 2.85. The second kappa shape index (κ2) is 7.98. The van der Waals surface area contributed by atoms with Gasteiger partial charge in [-0.05, 0) is 51.1 Å². The van der Waals surface area contributed by atoms with Crippen LogP contribution in [0.3, 0.4) is 0 Å². The Kier molecular flexibility index (Phi) is 5.21. The number of rotatable bonds is 5. The van der Waals surface area contributed by atoms with Crippen molar-refractivity contribution < 1.29 is 19.1 Å². The van der Waals surface area contributed by atoms with Crippen molar-refractivity contribution in [3.05, 3.63) is 77.1 Å². The Labute approximate surface area is 178 Å². The van der Waals surface area contributed by atoms with E-state index >= 15 is 0 Å². The lowest BCUT2D eigenvalue weighted by molar-refractivity contribution is -0.138. The fraction of sp³-hybridized carbons (Fsp3) is 0.174. The Balaban J connectivity index is 1.48. The largest absolute Gasteiger partial charge is 0.425 e. The number of hydrogen-bond acceptors (Lipinski definition) is 7. The van der Waals surface area contributed by atoms with Crippen molar-refractivity contribution in [1.29, 1.82) is 0 Å². The minimum atomic E-state index is -1.08. The number of aryl methyl sites for hydroxylation is 2. The molecule has 1 aromatic heterocycles. The number of carbonyl (C=O) groups excluding carboxylic acids is 3. The molecule has 0 saturated carbocycles. The molecule has 1 unspecified atom stereocenters. The van der Waals surface area contributed by atoms with Crippen LogP contribution in [0.1, 0.15) is 39.0 Å². The number of carbonyl (C=O) groups is 3. The molecule has 4 rings (SSSR count). The van der Waals surface area contributed by atoms with Gasteiger partial charge in [0.2, 0.25) is 5.95 Å². The predicted octanol–water partition coefficient (Wildman–Crippen LogP) is 3.43. The number of imide groups is 1. The lowest BCUT2D eigenvalue weighted by Gasteiger charge is -2.21. The summed E-state index contributed by atoms with van der Waals surface area (Å²) in [5.74, 6) is -1.03. The first-order valence-corrected chi connectivity index (χ1v) is 9.71. The Hall–Kier alpha value is -4.07. The highest BCUT2D eigenvalue weighted by molar-refractivity contribution is 6.22. The summed E-state index contributed by atoms with van der Waals surface area (Å²) in [5, 5.41) is 3.08. The van der Waals surface area contributed by atoms with Gasteiger partial charge in [-0.25, -0.2) is 14.8 Å². The molecule has 156 valence electrons. The summed E-state index contributed by atoms with van der Waals surface area (Å²) in [6.45, 7) is 5.22. The Morgan fingerprint density at radius 2 is 1.55 bits per heavy atom. The highest BCUT2D eigenvalue weighted by Gasteiger charge is 2.41. The maximum atomic E-state index is 12.7. The number of nitrogens with zero attached hydrogens (tertiary/aromatic N) is 3. The summed E-state index contributed by atoms with van der Waals surface area (Å²) < 4.78 is 5.44. The molecule has 1 aliphatic heterocycles. The highest BCUT2D eigenvalue weighted by atomic mass is 16.5. The summed E-state index contributed by atoms with van der Waals surface area (Å²) >= 11 is 0. The third-order valence-corrected chi connectivity index (χ3v) is 4.84. The molecular weight excluding hydrogens is 396 g/mol. The van der Waals surface area contributed by atoms with Gasteiger partial charge in [0, 0.05) is 23.1 Å². The van der Waals surface area contributed by atoms with Gasteiger partial charge in [0.05, 0.1) is 11.1 Å². The van der Waals surface area contributed by atoms with Gasteiger partial charge in [-0.15, -0.1) is 0 Å². The van der Waals surface area contributed by atoms with Crippen LogP contribution in [0, 0.1) is 13.8 Å². The van der Waals surface area contributed by atoms with Gasteiger partial charge in [-0.1, -0.05) is 18.2 Å². The van der Waals surface area contributed by atoms with Gasteiger partial charge in [-0.3, -0.25) is 14.5 Å². The van der Waals surface area contributed by atoms with Crippen molar-refractivity contribution in [2.45, 2.75) is 26.8 Å². The van der Waals surface area contributed by atoms with E-state index in [1.807, 2.05) is 19.9 Å². The number of aromatic nitrogens is 2. The first-order valence-electron chi connectivity index (χ1n) is 9.71. The number of ether oxygens (including phenoxy) is 1. The SMILES string of the molecule is Cc1cc(C)nc(Nc2cccc(OC(=O)C(C)N3C(=O)c4ccccc4C3=O)c2)n1. The molecule has 2 aromatic carbocycles. The van der Waals surface area contributed by atoms with Crippen molar-refractivity contribution in [3.63, 3.8) is 0 Å². The smallest absolute Gasteiger partial charge is 0.334 e. The van der Waals surface area contributed by atoms with E-state index in [2.05, 4.69) is 15.3 Å². The molecule has 8 nitrogen and oxygen atoms in total. The van der Waals surface area contributed by atoms with Crippen molar-refractivity contribution in [2.75, 3.05) is 5.32 Å². The average Bonchev–Trinajstić information content (AvgIpc) is 2.97. The maximum absolute atomic E-state index is 12.7. The number of hydrogen-bond donors (Lipinski definition) is 1. The van der Waals surface area contributed by atoms with E-state index in [1.54, 1.807) is 48.5 Å². The molecule has 0 aliphatic carbocycles. The standard InChI is InChI=1S/C23H20N4O4/c1-13-11-14(2)25-23(24-13)26-16-7-6-8-17(12-16)31-22(30)15(3)27-20(28)18-9-4-5-10-19(18)21(27)29/h4-12,15H,1-3H3,(H,24,25,26). The molecule has 2 amide bonds. The molecule has 0 fully saturated rings. The van der Waals surface area contributed by atoms with E-state index in [0.717, 1.165) is 16.3 Å². The summed E-state index contributed by atoms with van der Waals surface area (Å²) in [4.78, 5) is 47.4. The molecule has 1 N–H and O–H groups in total. The second-order valence-electron chi connectivity index (χ2n) is 7.25. The van der Waals surface area contributed by atoms with E-state index in [9.17, 15) is 14.4 Å². The number of nitrogens with one attached hydrogen (secondary N) is 1. The van der Waals surface area contributed by atoms with Crippen molar-refractivity contribution in [1.82, 2.24) is 14.9 Å². The minimum Gasteiger partial charge on any atom is -0.425 e. The van der Waals surface area contributed by atoms with Crippen LogP contribution < -0.4 is 10.1 Å². The molecule has 0 saturated heterocycles. The van der Waals surface area contributed by atoms with E-state index < -0.39 is 23.8 Å². The van der Waals surface area contributed by atoms with E-state index in [0.29, 0.717) is 11.6 Å². The van der Waals surface area contributed by atoms with Crippen molar-refractivity contribution in [2.24, 2.45) is 0 Å². The predicted molar refractivity (Wildman–Crippen MR) is 113 cm³/mol.